The normalized spacial score (nSPS) is 15.4. The van der Waals surface area contributed by atoms with Gasteiger partial charge in [0.2, 0.25) is 0 Å². The summed E-state index contributed by atoms with van der Waals surface area (Å²) in [5, 5.41) is 0. The zero-order valence-corrected chi connectivity index (χ0v) is 33.6. The predicted octanol–water partition coefficient (Wildman–Crippen LogP) is 14.9. The largest absolute Gasteiger partial charge is 0.0807 e. The Morgan fingerprint density at radius 2 is 0.923 bits per heavy atom. The van der Waals surface area contributed by atoms with E-state index in [4.69, 9.17) is 0 Å². The first kappa shape index (κ1) is 41.5. The molecular weight excluding hydrogens is 625 g/mol. The Bertz CT molecular complexity index is 1850. The first-order chi connectivity index (χ1) is 24.9. The van der Waals surface area contributed by atoms with E-state index in [1.54, 1.807) is 0 Å². The van der Waals surface area contributed by atoms with E-state index in [0.29, 0.717) is 11.8 Å². The summed E-state index contributed by atoms with van der Waals surface area (Å²) in [4.78, 5) is 0. The summed E-state index contributed by atoms with van der Waals surface area (Å²) in [7, 11) is 0. The molecule has 0 bridgehead atoms. The Labute approximate surface area is 317 Å². The van der Waals surface area contributed by atoms with Crippen LogP contribution in [0.2, 0.25) is 0 Å². The maximum atomic E-state index is 2.31. The first-order valence-corrected chi connectivity index (χ1v) is 18.8. The maximum absolute atomic E-state index is 2.31. The summed E-state index contributed by atoms with van der Waals surface area (Å²) in [6.07, 6.45) is 15.8. The molecule has 0 fully saturated rings. The topological polar surface area (TPSA) is 0 Å². The minimum atomic E-state index is 0.583. The van der Waals surface area contributed by atoms with Crippen LogP contribution in [0.5, 0.6) is 0 Å². The van der Waals surface area contributed by atoms with Gasteiger partial charge in [0, 0.05) is 11.8 Å². The minimum Gasteiger partial charge on any atom is -0.0807 e. The second-order valence-corrected chi connectivity index (χ2v) is 14.6. The third kappa shape index (κ3) is 15.9. The Kier molecular flexibility index (Phi) is 17.6. The lowest BCUT2D eigenvalue weighted by molar-refractivity contribution is 0.812. The highest BCUT2D eigenvalue weighted by Gasteiger charge is 2.11. The molecule has 5 aromatic carbocycles. The van der Waals surface area contributed by atoms with Crippen LogP contribution in [0.3, 0.4) is 0 Å². The van der Waals surface area contributed by atoms with Crippen molar-refractivity contribution in [1.29, 1.82) is 0 Å². The van der Waals surface area contributed by atoms with Gasteiger partial charge in [-0.1, -0.05) is 202 Å². The van der Waals surface area contributed by atoms with Gasteiger partial charge < -0.3 is 0 Å². The molecule has 0 saturated carbocycles. The summed E-state index contributed by atoms with van der Waals surface area (Å²) >= 11 is 0. The summed E-state index contributed by atoms with van der Waals surface area (Å²) in [5.41, 5.74) is 16.5. The maximum Gasteiger partial charge on any atom is 0.00583 e. The van der Waals surface area contributed by atoms with E-state index in [1.165, 1.54) is 73.2 Å². The van der Waals surface area contributed by atoms with Gasteiger partial charge in [0.05, 0.1) is 0 Å². The molecule has 0 heterocycles. The van der Waals surface area contributed by atoms with Crippen LogP contribution >= 0.6 is 0 Å². The van der Waals surface area contributed by atoms with Crippen LogP contribution in [-0.4, -0.2) is 0 Å². The second kappa shape index (κ2) is 22.1. The van der Waals surface area contributed by atoms with Crippen LogP contribution in [0.4, 0.5) is 0 Å². The fourth-order valence-electron chi connectivity index (χ4n) is 5.86. The molecule has 2 aliphatic carbocycles. The van der Waals surface area contributed by atoms with Gasteiger partial charge in [-0.15, -0.1) is 0 Å². The highest BCUT2D eigenvalue weighted by atomic mass is 14.2. The van der Waals surface area contributed by atoms with E-state index in [-0.39, 0.29) is 0 Å². The van der Waals surface area contributed by atoms with E-state index in [9.17, 15) is 0 Å². The molecule has 0 aliphatic heterocycles. The third-order valence-electron chi connectivity index (χ3n) is 9.34. The SMILES string of the molecule is CC1=CC=CC(c2cccc(C)c2)C1.CC1=CCC(c2ccc(C)cc2)C=C1.Cc1ccc(C)cc1.Cc1cccc(C)c1.Cc1ccccc1C. The number of allylic oxidation sites excluding steroid dienone is 8. The Hall–Kier alpha value is -4.94. The van der Waals surface area contributed by atoms with Crippen LogP contribution in [0.1, 0.15) is 94.2 Å². The van der Waals surface area contributed by atoms with E-state index in [1.807, 2.05) is 0 Å². The van der Waals surface area contributed by atoms with Crippen molar-refractivity contribution >= 4 is 0 Å². The van der Waals surface area contributed by atoms with Crippen molar-refractivity contribution in [3.05, 3.63) is 225 Å². The number of hydrogen-bond acceptors (Lipinski definition) is 0. The van der Waals surface area contributed by atoms with Gasteiger partial charge in [-0.05, 0) is 104 Å². The molecule has 0 spiro atoms. The number of aryl methyl sites for hydroxylation is 8. The molecule has 2 atom stereocenters. The highest BCUT2D eigenvalue weighted by Crippen LogP contribution is 2.29. The molecule has 0 N–H and O–H groups in total. The summed E-state index contributed by atoms with van der Waals surface area (Å²) < 4.78 is 0. The van der Waals surface area contributed by atoms with Crippen molar-refractivity contribution < 1.29 is 0 Å². The standard InChI is InChI=1S/2C14H16.3C8H10/c1-11-3-7-13(8-4-11)14-9-5-12(2)6-10-14;1-11-5-3-7-13(9-11)14-8-4-6-12(2)10-14;1-7-3-5-8(2)6-4-7;1-7-4-3-5-8(2)6-7;1-7-5-3-4-6-8(7)2/h2*3-9,14H,10H2,1-2H3;3*3-6H,1-2H3. The highest BCUT2D eigenvalue weighted by molar-refractivity contribution is 5.35. The molecule has 7 rings (SSSR count). The number of hydrogen-bond donors (Lipinski definition) is 0. The van der Waals surface area contributed by atoms with E-state index < -0.39 is 0 Å². The van der Waals surface area contributed by atoms with Crippen molar-refractivity contribution in [3.63, 3.8) is 0 Å². The molecule has 0 heteroatoms. The van der Waals surface area contributed by atoms with Crippen LogP contribution in [0.25, 0.3) is 0 Å². The monoisotopic (exact) mass is 686 g/mol. The van der Waals surface area contributed by atoms with Crippen LogP contribution in [-0.2, 0) is 0 Å². The fourth-order valence-corrected chi connectivity index (χ4v) is 5.86. The van der Waals surface area contributed by atoms with Gasteiger partial charge in [-0.25, -0.2) is 0 Å². The van der Waals surface area contributed by atoms with Crippen molar-refractivity contribution in [1.82, 2.24) is 0 Å². The minimum absolute atomic E-state index is 0.583. The van der Waals surface area contributed by atoms with Gasteiger partial charge in [0.15, 0.2) is 0 Å². The van der Waals surface area contributed by atoms with E-state index >= 15 is 0 Å². The average Bonchev–Trinajstić information content (AvgIpc) is 3.13. The molecule has 2 unspecified atom stereocenters. The Balaban J connectivity index is 0.000000180. The Morgan fingerprint density at radius 1 is 0.423 bits per heavy atom. The van der Waals surface area contributed by atoms with Gasteiger partial charge in [0.25, 0.3) is 0 Å². The quantitative estimate of drug-likeness (QED) is 0.173. The number of rotatable bonds is 2. The smallest absolute Gasteiger partial charge is 0.00583 e. The third-order valence-corrected chi connectivity index (χ3v) is 9.34. The lowest BCUT2D eigenvalue weighted by Gasteiger charge is -2.17. The van der Waals surface area contributed by atoms with Gasteiger partial charge in [0.1, 0.15) is 0 Å². The zero-order chi connectivity index (χ0) is 37.9. The molecule has 0 radical (unpaired) electrons. The molecule has 2 aliphatic rings. The summed E-state index contributed by atoms with van der Waals surface area (Å²) in [6, 6.07) is 42.9. The molecule has 0 nitrogen and oxygen atoms in total. The van der Waals surface area contributed by atoms with Gasteiger partial charge >= 0.3 is 0 Å². The van der Waals surface area contributed by atoms with Crippen molar-refractivity contribution in [2.24, 2.45) is 0 Å². The molecule has 5 aromatic rings. The molecular formula is C52H62. The summed E-state index contributed by atoms with van der Waals surface area (Å²) in [5.74, 6) is 1.17. The Morgan fingerprint density at radius 3 is 1.35 bits per heavy atom. The van der Waals surface area contributed by atoms with Crippen molar-refractivity contribution in [2.75, 3.05) is 0 Å². The molecule has 52 heavy (non-hydrogen) atoms. The van der Waals surface area contributed by atoms with E-state index in [0.717, 1.165) is 6.42 Å². The predicted molar refractivity (Wildman–Crippen MR) is 231 cm³/mol. The molecule has 0 aromatic heterocycles. The van der Waals surface area contributed by atoms with Crippen LogP contribution < -0.4 is 0 Å². The molecule has 0 amide bonds. The van der Waals surface area contributed by atoms with Crippen molar-refractivity contribution in [2.45, 2.75) is 93.9 Å². The number of benzene rings is 5. The van der Waals surface area contributed by atoms with Crippen LogP contribution in [0, 0.1) is 55.4 Å². The lowest BCUT2D eigenvalue weighted by Crippen LogP contribution is -1.99. The second-order valence-electron chi connectivity index (χ2n) is 14.6. The van der Waals surface area contributed by atoms with Gasteiger partial charge in [-0.2, -0.15) is 0 Å². The van der Waals surface area contributed by atoms with E-state index in [2.05, 4.69) is 227 Å². The fraction of sp³-hybridized carbons (Fsp3) is 0.269. The van der Waals surface area contributed by atoms with Crippen molar-refractivity contribution in [3.8, 4) is 0 Å². The summed E-state index contributed by atoms with van der Waals surface area (Å²) in [6.45, 7) is 21.3. The van der Waals surface area contributed by atoms with Crippen LogP contribution in [0.15, 0.2) is 169 Å². The molecule has 0 saturated heterocycles. The molecule has 270 valence electrons. The lowest BCUT2D eigenvalue weighted by atomic mass is 9.88. The zero-order valence-electron chi connectivity index (χ0n) is 33.6. The van der Waals surface area contributed by atoms with Gasteiger partial charge in [-0.3, -0.25) is 0 Å². The average molecular weight is 687 g/mol. The first-order valence-electron chi connectivity index (χ1n) is 18.8.